The van der Waals surface area contributed by atoms with Crippen molar-refractivity contribution in [3.8, 4) is 11.5 Å². The lowest BCUT2D eigenvalue weighted by molar-refractivity contribution is -0.126. The first-order valence-electron chi connectivity index (χ1n) is 11.5. The number of nitrogens with one attached hydrogen (secondary N) is 1. The summed E-state index contributed by atoms with van der Waals surface area (Å²) >= 11 is 0. The van der Waals surface area contributed by atoms with Gasteiger partial charge in [0.1, 0.15) is 22.7 Å². The Morgan fingerprint density at radius 3 is 2.26 bits per heavy atom. The summed E-state index contributed by atoms with van der Waals surface area (Å²) in [6.45, 7) is 8.44. The van der Waals surface area contributed by atoms with Crippen molar-refractivity contribution in [2.24, 2.45) is 0 Å². The summed E-state index contributed by atoms with van der Waals surface area (Å²) in [6.07, 6.45) is 0. The number of benzene rings is 2. The van der Waals surface area contributed by atoms with E-state index < -0.39 is 5.54 Å². The molecule has 8 nitrogen and oxygen atoms in total. The molecule has 0 unspecified atom stereocenters. The van der Waals surface area contributed by atoms with Crippen LogP contribution in [-0.2, 0) is 23.3 Å². The third-order valence-electron chi connectivity index (χ3n) is 6.30. The zero-order chi connectivity index (χ0) is 25.4. The van der Waals surface area contributed by atoms with Crippen molar-refractivity contribution in [3.63, 3.8) is 0 Å². The van der Waals surface area contributed by atoms with Crippen LogP contribution in [0.15, 0.2) is 54.6 Å². The van der Waals surface area contributed by atoms with E-state index in [0.717, 1.165) is 11.3 Å². The van der Waals surface area contributed by atoms with Crippen molar-refractivity contribution >= 4 is 17.5 Å². The fourth-order valence-electron chi connectivity index (χ4n) is 4.24. The maximum absolute atomic E-state index is 14.0. The number of amides is 2. The molecule has 0 radical (unpaired) electrons. The third kappa shape index (κ3) is 4.60. The Labute approximate surface area is 205 Å². The molecule has 1 aliphatic rings. The maximum atomic E-state index is 14.0. The van der Waals surface area contributed by atoms with Gasteiger partial charge < -0.3 is 14.8 Å². The van der Waals surface area contributed by atoms with Crippen molar-refractivity contribution < 1.29 is 19.1 Å². The minimum Gasteiger partial charge on any atom is -0.497 e. The van der Waals surface area contributed by atoms with Crippen LogP contribution in [0.5, 0.6) is 11.5 Å². The Morgan fingerprint density at radius 2 is 1.69 bits per heavy atom. The first kappa shape index (κ1) is 24.3. The van der Waals surface area contributed by atoms with Gasteiger partial charge in [-0.15, -0.1) is 0 Å². The molecule has 1 N–H and O–H groups in total. The van der Waals surface area contributed by atoms with Crippen LogP contribution in [0, 0.1) is 0 Å². The summed E-state index contributed by atoms with van der Waals surface area (Å²) < 4.78 is 12.5. The van der Waals surface area contributed by atoms with E-state index in [0.29, 0.717) is 29.4 Å². The first-order valence-corrected chi connectivity index (χ1v) is 11.5. The van der Waals surface area contributed by atoms with Gasteiger partial charge in [-0.2, -0.15) is 5.10 Å². The second-order valence-electron chi connectivity index (χ2n) is 9.98. The number of fused-ring (bicyclic) bond motifs is 1. The highest BCUT2D eigenvalue weighted by atomic mass is 16.5. The van der Waals surface area contributed by atoms with Gasteiger partial charge in [-0.1, -0.05) is 51.1 Å². The fraction of sp³-hybridized carbons (Fsp3) is 0.370. The Kier molecular flexibility index (Phi) is 6.32. The molecular weight excluding hydrogens is 444 g/mol. The molecule has 0 aliphatic carbocycles. The predicted molar refractivity (Wildman–Crippen MR) is 134 cm³/mol. The number of anilines is 1. The molecular formula is C27H32N4O4. The lowest BCUT2D eigenvalue weighted by atomic mass is 9.91. The van der Waals surface area contributed by atoms with Gasteiger partial charge >= 0.3 is 0 Å². The Balaban J connectivity index is 1.80. The number of aromatic nitrogens is 2. The molecule has 8 heteroatoms. The van der Waals surface area contributed by atoms with Gasteiger partial charge in [0.15, 0.2) is 0 Å². The van der Waals surface area contributed by atoms with Crippen LogP contribution in [0.4, 0.5) is 5.69 Å². The number of hydrogen-bond acceptors (Lipinski definition) is 5. The normalized spacial score (nSPS) is 17.7. The zero-order valence-electron chi connectivity index (χ0n) is 21.1. The van der Waals surface area contributed by atoms with Gasteiger partial charge in [-0.3, -0.25) is 19.2 Å². The standard InChI is InChI=1S/C27H32N4O4/c1-26(2,3)23-15-22-24(32)31(19-12-20(34-5)14-21(13-19)35-6)27(4,17-30(22)29-23)25(33)28-16-18-10-8-7-9-11-18/h7-15H,16-17H2,1-6H3,(H,28,33)/t27-/m1/s1. The quantitative estimate of drug-likeness (QED) is 0.583. The summed E-state index contributed by atoms with van der Waals surface area (Å²) in [6, 6.07) is 16.7. The second-order valence-corrected chi connectivity index (χ2v) is 9.98. The monoisotopic (exact) mass is 476 g/mol. The Morgan fingerprint density at radius 1 is 1.06 bits per heavy atom. The van der Waals surface area contributed by atoms with Crippen LogP contribution in [0.3, 0.4) is 0 Å². The van der Waals surface area contributed by atoms with Crippen LogP contribution < -0.4 is 19.7 Å². The molecule has 0 saturated carbocycles. The van der Waals surface area contributed by atoms with E-state index in [-0.39, 0.29) is 23.8 Å². The SMILES string of the molecule is COc1cc(OC)cc(N2C(=O)c3cc(C(C)(C)C)nn3C[C@]2(C)C(=O)NCc2ccccc2)c1. The molecule has 35 heavy (non-hydrogen) atoms. The van der Waals surface area contributed by atoms with Gasteiger partial charge in [-0.05, 0) is 18.6 Å². The molecule has 2 heterocycles. The van der Waals surface area contributed by atoms with Gasteiger partial charge in [0, 0.05) is 30.2 Å². The van der Waals surface area contributed by atoms with E-state index in [1.807, 2.05) is 57.2 Å². The summed E-state index contributed by atoms with van der Waals surface area (Å²) in [5, 5.41) is 7.72. The van der Waals surface area contributed by atoms with E-state index in [2.05, 4.69) is 5.32 Å². The molecule has 0 spiro atoms. The summed E-state index contributed by atoms with van der Waals surface area (Å²) in [4.78, 5) is 29.2. The molecule has 0 fully saturated rings. The van der Waals surface area contributed by atoms with Crippen molar-refractivity contribution in [2.45, 2.75) is 51.7 Å². The fourth-order valence-corrected chi connectivity index (χ4v) is 4.24. The molecule has 184 valence electrons. The summed E-state index contributed by atoms with van der Waals surface area (Å²) in [7, 11) is 3.10. The minimum atomic E-state index is -1.25. The van der Waals surface area contributed by atoms with E-state index in [1.54, 1.807) is 44.0 Å². The third-order valence-corrected chi connectivity index (χ3v) is 6.30. The summed E-state index contributed by atoms with van der Waals surface area (Å²) in [5.41, 5.74) is 1.20. The van der Waals surface area contributed by atoms with Gasteiger partial charge in [-0.25, -0.2) is 0 Å². The van der Waals surface area contributed by atoms with Crippen LogP contribution >= 0.6 is 0 Å². The van der Waals surface area contributed by atoms with E-state index in [1.165, 1.54) is 4.90 Å². The molecule has 1 atom stereocenters. The smallest absolute Gasteiger partial charge is 0.277 e. The average Bonchev–Trinajstić information content (AvgIpc) is 3.27. The largest absolute Gasteiger partial charge is 0.497 e. The second kappa shape index (κ2) is 9.09. The number of carbonyl (C=O) groups is 2. The molecule has 1 aliphatic heterocycles. The number of nitrogens with zero attached hydrogens (tertiary/aromatic N) is 3. The molecule has 4 rings (SSSR count). The molecule has 0 bridgehead atoms. The zero-order valence-corrected chi connectivity index (χ0v) is 21.1. The first-order chi connectivity index (χ1) is 16.6. The number of ether oxygens (including phenoxy) is 2. The molecule has 3 aromatic rings. The lowest BCUT2D eigenvalue weighted by Crippen LogP contribution is -2.64. The summed E-state index contributed by atoms with van der Waals surface area (Å²) in [5.74, 6) is 0.448. The Hall–Kier alpha value is -3.81. The number of hydrogen-bond donors (Lipinski definition) is 1. The van der Waals surface area contributed by atoms with Gasteiger partial charge in [0.25, 0.3) is 5.91 Å². The van der Waals surface area contributed by atoms with Gasteiger partial charge in [0.05, 0.1) is 32.1 Å². The number of carbonyl (C=O) groups excluding carboxylic acids is 2. The Bertz CT molecular complexity index is 1220. The van der Waals surface area contributed by atoms with Crippen molar-refractivity contribution in [2.75, 3.05) is 19.1 Å². The molecule has 2 aromatic carbocycles. The van der Waals surface area contributed by atoms with Gasteiger partial charge in [0.2, 0.25) is 5.91 Å². The molecule has 1 aromatic heterocycles. The highest BCUT2D eigenvalue weighted by Gasteiger charge is 2.49. The topological polar surface area (TPSA) is 85.7 Å². The highest BCUT2D eigenvalue weighted by Crippen LogP contribution is 2.37. The number of methoxy groups -OCH3 is 2. The molecule has 2 amide bonds. The number of rotatable bonds is 6. The van der Waals surface area contributed by atoms with E-state index >= 15 is 0 Å². The molecule has 0 saturated heterocycles. The van der Waals surface area contributed by atoms with Crippen molar-refractivity contribution in [1.29, 1.82) is 0 Å². The van der Waals surface area contributed by atoms with Crippen LogP contribution in [0.25, 0.3) is 0 Å². The van der Waals surface area contributed by atoms with Crippen LogP contribution in [0.2, 0.25) is 0 Å². The van der Waals surface area contributed by atoms with Crippen LogP contribution in [0.1, 0.15) is 49.4 Å². The lowest BCUT2D eigenvalue weighted by Gasteiger charge is -2.43. The van der Waals surface area contributed by atoms with Crippen LogP contribution in [-0.4, -0.2) is 41.4 Å². The maximum Gasteiger partial charge on any atom is 0.277 e. The van der Waals surface area contributed by atoms with Crippen molar-refractivity contribution in [3.05, 3.63) is 71.5 Å². The minimum absolute atomic E-state index is 0.199. The van der Waals surface area contributed by atoms with E-state index in [4.69, 9.17) is 14.6 Å². The van der Waals surface area contributed by atoms with E-state index in [9.17, 15) is 9.59 Å². The highest BCUT2D eigenvalue weighted by molar-refractivity contribution is 6.12. The average molecular weight is 477 g/mol. The predicted octanol–water partition coefficient (Wildman–Crippen LogP) is 3.93. The van der Waals surface area contributed by atoms with Crippen molar-refractivity contribution in [1.82, 2.24) is 15.1 Å².